The Balaban J connectivity index is 1.83. The van der Waals surface area contributed by atoms with Crippen LogP contribution in [0, 0.1) is 10.1 Å². The summed E-state index contributed by atoms with van der Waals surface area (Å²) >= 11 is 0. The smallest absolute Gasteiger partial charge is 0.310 e. The van der Waals surface area contributed by atoms with Gasteiger partial charge in [0.25, 0.3) is 0 Å². The number of hydrogen-bond acceptors (Lipinski definition) is 4. The van der Waals surface area contributed by atoms with E-state index in [4.69, 9.17) is 0 Å². The minimum atomic E-state index is -0.386. The molecule has 1 rings (SSSR count). The zero-order valence-electron chi connectivity index (χ0n) is 18.0. The van der Waals surface area contributed by atoms with Gasteiger partial charge in [0.15, 0.2) is 0 Å². The Bertz CT molecular complexity index is 508. The summed E-state index contributed by atoms with van der Waals surface area (Å²) < 4.78 is 0. The molecule has 5 heteroatoms. The highest BCUT2D eigenvalue weighted by atomic mass is 16.6. The maximum absolute atomic E-state index is 10.9. The van der Waals surface area contributed by atoms with Gasteiger partial charge in [-0.1, -0.05) is 103 Å². The molecule has 0 amide bonds. The maximum atomic E-state index is 10.9. The molecule has 0 aliphatic heterocycles. The summed E-state index contributed by atoms with van der Waals surface area (Å²) in [6, 6.07) is 1.67. The van der Waals surface area contributed by atoms with Crippen molar-refractivity contribution >= 4 is 11.4 Å². The fourth-order valence-electron chi connectivity index (χ4n) is 3.58. The van der Waals surface area contributed by atoms with Crippen molar-refractivity contribution in [3.63, 3.8) is 0 Å². The third-order valence-corrected chi connectivity index (χ3v) is 5.34. The van der Waals surface area contributed by atoms with Gasteiger partial charge in [-0.25, -0.2) is 0 Å². The van der Waals surface area contributed by atoms with Crippen molar-refractivity contribution in [1.29, 1.82) is 0 Å². The largest absolute Gasteiger partial charge is 0.379 e. The molecular formula is C23H41N3O2. The van der Waals surface area contributed by atoms with Gasteiger partial charge in [-0.3, -0.25) is 15.1 Å². The monoisotopic (exact) mass is 391 g/mol. The van der Waals surface area contributed by atoms with Gasteiger partial charge >= 0.3 is 5.69 Å². The average Bonchev–Trinajstić information content (AvgIpc) is 2.70. The highest BCUT2D eigenvalue weighted by Gasteiger charge is 2.12. The Morgan fingerprint density at radius 1 is 0.821 bits per heavy atom. The molecule has 0 bridgehead atoms. The summed E-state index contributed by atoms with van der Waals surface area (Å²) in [5, 5.41) is 14.1. The van der Waals surface area contributed by atoms with Crippen LogP contribution in [-0.4, -0.2) is 16.5 Å². The highest BCUT2D eigenvalue weighted by molar-refractivity contribution is 5.59. The molecule has 1 N–H and O–H groups in total. The van der Waals surface area contributed by atoms with Crippen molar-refractivity contribution < 1.29 is 4.92 Å². The fraction of sp³-hybridized carbons (Fsp3) is 0.783. The molecule has 1 aromatic rings. The van der Waals surface area contributed by atoms with E-state index in [0.717, 1.165) is 13.0 Å². The molecule has 28 heavy (non-hydrogen) atoms. The van der Waals surface area contributed by atoms with Crippen molar-refractivity contribution in [2.45, 2.75) is 110 Å². The van der Waals surface area contributed by atoms with Gasteiger partial charge in [-0.15, -0.1) is 0 Å². The molecule has 0 fully saturated rings. The normalized spacial score (nSPS) is 10.9. The molecule has 0 radical (unpaired) electrons. The maximum Gasteiger partial charge on any atom is 0.310 e. The summed E-state index contributed by atoms with van der Waals surface area (Å²) in [7, 11) is 0. The SMILES string of the molecule is CCCCCCCCCCCCCCCCCCNc1ccncc1[N+](=O)[O-]. The summed E-state index contributed by atoms with van der Waals surface area (Å²) in [4.78, 5) is 14.4. The van der Waals surface area contributed by atoms with E-state index in [2.05, 4.69) is 17.2 Å². The van der Waals surface area contributed by atoms with Crippen molar-refractivity contribution in [3.05, 3.63) is 28.6 Å². The Morgan fingerprint density at radius 2 is 1.29 bits per heavy atom. The second kappa shape index (κ2) is 17.4. The number of nitro groups is 1. The zero-order chi connectivity index (χ0) is 20.3. The molecule has 0 unspecified atom stereocenters. The van der Waals surface area contributed by atoms with E-state index in [1.165, 1.54) is 103 Å². The predicted octanol–water partition coefficient (Wildman–Crippen LogP) is 7.66. The minimum Gasteiger partial charge on any atom is -0.379 e. The number of nitrogens with zero attached hydrogens (tertiary/aromatic N) is 2. The molecule has 0 saturated heterocycles. The summed E-state index contributed by atoms with van der Waals surface area (Å²) in [5.41, 5.74) is 0.625. The Hall–Kier alpha value is -1.65. The average molecular weight is 392 g/mol. The van der Waals surface area contributed by atoms with E-state index in [1.54, 1.807) is 12.3 Å². The van der Waals surface area contributed by atoms with Crippen LogP contribution in [0.5, 0.6) is 0 Å². The molecule has 160 valence electrons. The molecule has 0 atom stereocenters. The van der Waals surface area contributed by atoms with E-state index in [9.17, 15) is 10.1 Å². The van der Waals surface area contributed by atoms with Gasteiger partial charge in [-0.2, -0.15) is 0 Å². The van der Waals surface area contributed by atoms with Gasteiger partial charge in [0, 0.05) is 12.7 Å². The second-order valence-corrected chi connectivity index (χ2v) is 7.88. The van der Waals surface area contributed by atoms with Crippen LogP contribution in [-0.2, 0) is 0 Å². The molecule has 0 spiro atoms. The first-order valence-corrected chi connectivity index (χ1v) is 11.6. The number of unbranched alkanes of at least 4 members (excludes halogenated alkanes) is 15. The third-order valence-electron chi connectivity index (χ3n) is 5.34. The first-order chi connectivity index (χ1) is 13.8. The molecular weight excluding hydrogens is 350 g/mol. The molecule has 1 aromatic heterocycles. The lowest BCUT2D eigenvalue weighted by molar-refractivity contribution is -0.384. The number of pyridine rings is 1. The van der Waals surface area contributed by atoms with Gasteiger partial charge in [0.1, 0.15) is 11.9 Å². The van der Waals surface area contributed by atoms with E-state index in [1.807, 2.05) is 0 Å². The number of anilines is 1. The van der Waals surface area contributed by atoms with E-state index in [0.29, 0.717) is 5.69 Å². The molecule has 1 heterocycles. The Morgan fingerprint density at radius 3 is 1.75 bits per heavy atom. The standard InChI is InChI=1S/C23H41N3O2/c1-2-3-4-5-6-7-8-9-10-11-12-13-14-15-16-17-19-25-22-18-20-24-21-23(22)26(27)28/h18,20-21H,2-17,19H2,1H3,(H,24,25). The number of hydrogen-bond donors (Lipinski definition) is 1. The first kappa shape index (κ1) is 24.4. The quantitative estimate of drug-likeness (QED) is 0.149. The Kier molecular flexibility index (Phi) is 15.2. The number of nitrogens with one attached hydrogen (secondary N) is 1. The van der Waals surface area contributed by atoms with E-state index in [-0.39, 0.29) is 10.6 Å². The van der Waals surface area contributed by atoms with Crippen LogP contribution in [0.1, 0.15) is 110 Å². The van der Waals surface area contributed by atoms with E-state index >= 15 is 0 Å². The molecule has 0 aliphatic rings. The van der Waals surface area contributed by atoms with Crippen LogP contribution in [0.25, 0.3) is 0 Å². The first-order valence-electron chi connectivity index (χ1n) is 11.6. The van der Waals surface area contributed by atoms with Gasteiger partial charge in [0.05, 0.1) is 4.92 Å². The predicted molar refractivity (Wildman–Crippen MR) is 119 cm³/mol. The Labute approximate surface area is 171 Å². The second-order valence-electron chi connectivity index (χ2n) is 7.88. The van der Waals surface area contributed by atoms with Crippen LogP contribution < -0.4 is 5.32 Å². The highest BCUT2D eigenvalue weighted by Crippen LogP contribution is 2.22. The topological polar surface area (TPSA) is 68.1 Å². The van der Waals surface area contributed by atoms with Crippen molar-refractivity contribution in [1.82, 2.24) is 4.98 Å². The molecule has 0 aromatic carbocycles. The summed E-state index contributed by atoms with van der Waals surface area (Å²) in [5.74, 6) is 0. The van der Waals surface area contributed by atoms with E-state index < -0.39 is 0 Å². The van der Waals surface area contributed by atoms with Crippen LogP contribution in [0.2, 0.25) is 0 Å². The lowest BCUT2D eigenvalue weighted by Crippen LogP contribution is -2.04. The van der Waals surface area contributed by atoms with Crippen molar-refractivity contribution in [2.75, 3.05) is 11.9 Å². The fourth-order valence-corrected chi connectivity index (χ4v) is 3.58. The lowest BCUT2D eigenvalue weighted by Gasteiger charge is -2.06. The van der Waals surface area contributed by atoms with Crippen LogP contribution >= 0.6 is 0 Å². The molecule has 0 aliphatic carbocycles. The zero-order valence-corrected chi connectivity index (χ0v) is 18.0. The number of aromatic nitrogens is 1. The van der Waals surface area contributed by atoms with Crippen LogP contribution in [0.4, 0.5) is 11.4 Å². The van der Waals surface area contributed by atoms with Gasteiger partial charge in [-0.05, 0) is 12.5 Å². The lowest BCUT2D eigenvalue weighted by atomic mass is 10.0. The van der Waals surface area contributed by atoms with Crippen LogP contribution in [0.3, 0.4) is 0 Å². The van der Waals surface area contributed by atoms with Crippen molar-refractivity contribution in [3.8, 4) is 0 Å². The molecule has 0 saturated carbocycles. The minimum absolute atomic E-state index is 0.0546. The van der Waals surface area contributed by atoms with Crippen molar-refractivity contribution in [2.24, 2.45) is 0 Å². The summed E-state index contributed by atoms with van der Waals surface area (Å²) in [6.07, 6.45) is 24.5. The van der Waals surface area contributed by atoms with Gasteiger partial charge in [0.2, 0.25) is 0 Å². The van der Waals surface area contributed by atoms with Crippen LogP contribution in [0.15, 0.2) is 18.5 Å². The number of rotatable bonds is 19. The molecule has 5 nitrogen and oxygen atoms in total. The van der Waals surface area contributed by atoms with Gasteiger partial charge < -0.3 is 5.32 Å². The third kappa shape index (κ3) is 12.7. The summed E-state index contributed by atoms with van der Waals surface area (Å²) in [6.45, 7) is 3.06.